The van der Waals surface area contributed by atoms with Gasteiger partial charge in [-0.3, -0.25) is 0 Å². The molecule has 19 heavy (non-hydrogen) atoms. The highest BCUT2D eigenvalue weighted by Crippen LogP contribution is 2.25. The molecule has 0 aliphatic rings. The molecule has 6 heteroatoms. The Bertz CT molecular complexity index is 597. The van der Waals surface area contributed by atoms with Crippen LogP contribution < -0.4 is 10.1 Å². The molecule has 100 valence electrons. The lowest BCUT2D eigenvalue weighted by Crippen LogP contribution is -2.04. The van der Waals surface area contributed by atoms with Crippen LogP contribution in [0.4, 0.5) is 5.69 Å². The number of carboxylic acid groups (broad SMARTS) is 1. The van der Waals surface area contributed by atoms with Crippen LogP contribution in [0.3, 0.4) is 0 Å². The average Bonchev–Trinajstić information content (AvgIpc) is 2.84. The number of aromatic carboxylic acids is 1. The van der Waals surface area contributed by atoms with E-state index in [1.807, 2.05) is 24.3 Å². The maximum absolute atomic E-state index is 11.0. The van der Waals surface area contributed by atoms with Crippen molar-refractivity contribution in [1.82, 2.24) is 0 Å². The van der Waals surface area contributed by atoms with Crippen LogP contribution in [0.1, 0.15) is 15.2 Å². The SMILES string of the molecule is COc1cc(Br)cc(NCc2ccsc2C(=O)O)c1. The third-order valence-electron chi connectivity index (χ3n) is 2.53. The number of benzene rings is 1. The Kier molecular flexibility index (Phi) is 4.44. The molecule has 0 fully saturated rings. The van der Waals surface area contributed by atoms with E-state index in [1.165, 1.54) is 11.3 Å². The summed E-state index contributed by atoms with van der Waals surface area (Å²) in [5.74, 6) is -0.153. The average molecular weight is 342 g/mol. The summed E-state index contributed by atoms with van der Waals surface area (Å²) in [7, 11) is 1.60. The van der Waals surface area contributed by atoms with Gasteiger partial charge in [0.05, 0.1) is 7.11 Å². The second-order valence-electron chi connectivity index (χ2n) is 3.81. The van der Waals surface area contributed by atoms with Crippen LogP contribution in [0, 0.1) is 0 Å². The van der Waals surface area contributed by atoms with Gasteiger partial charge in [-0.25, -0.2) is 4.79 Å². The van der Waals surface area contributed by atoms with Gasteiger partial charge in [0.1, 0.15) is 10.6 Å². The summed E-state index contributed by atoms with van der Waals surface area (Å²) in [6.07, 6.45) is 0. The fraction of sp³-hybridized carbons (Fsp3) is 0.154. The van der Waals surface area contributed by atoms with E-state index in [-0.39, 0.29) is 0 Å². The molecule has 1 aromatic carbocycles. The van der Waals surface area contributed by atoms with Gasteiger partial charge >= 0.3 is 5.97 Å². The molecule has 0 atom stereocenters. The normalized spacial score (nSPS) is 10.2. The summed E-state index contributed by atoms with van der Waals surface area (Å²) in [5, 5.41) is 14.0. The molecule has 2 N–H and O–H groups in total. The van der Waals surface area contributed by atoms with Crippen molar-refractivity contribution in [1.29, 1.82) is 0 Å². The van der Waals surface area contributed by atoms with E-state index in [0.29, 0.717) is 11.4 Å². The van der Waals surface area contributed by atoms with E-state index in [1.54, 1.807) is 12.5 Å². The number of anilines is 1. The standard InChI is InChI=1S/C13H12BrNO3S/c1-18-11-5-9(14)4-10(6-11)15-7-8-2-3-19-12(8)13(16)17/h2-6,15H,7H2,1H3,(H,16,17). The predicted octanol–water partition coefficient (Wildman–Crippen LogP) is 3.83. The minimum absolute atomic E-state index is 0.370. The maximum atomic E-state index is 11.0. The van der Waals surface area contributed by atoms with Gasteiger partial charge in [-0.05, 0) is 29.1 Å². The van der Waals surface area contributed by atoms with Gasteiger partial charge < -0.3 is 15.2 Å². The van der Waals surface area contributed by atoms with Gasteiger partial charge in [0.25, 0.3) is 0 Å². The predicted molar refractivity (Wildman–Crippen MR) is 79.3 cm³/mol. The molecule has 0 bridgehead atoms. The van der Waals surface area contributed by atoms with Crippen LogP contribution in [-0.2, 0) is 6.54 Å². The van der Waals surface area contributed by atoms with Gasteiger partial charge in [0.2, 0.25) is 0 Å². The Labute approximate surface area is 123 Å². The van der Waals surface area contributed by atoms with Crippen LogP contribution in [0.25, 0.3) is 0 Å². The number of halogens is 1. The minimum Gasteiger partial charge on any atom is -0.497 e. The van der Waals surface area contributed by atoms with E-state index in [4.69, 9.17) is 9.84 Å². The van der Waals surface area contributed by atoms with Gasteiger partial charge in [-0.2, -0.15) is 0 Å². The number of hydrogen-bond donors (Lipinski definition) is 2. The quantitative estimate of drug-likeness (QED) is 0.867. The molecule has 0 radical (unpaired) electrons. The molecular weight excluding hydrogens is 330 g/mol. The highest BCUT2D eigenvalue weighted by molar-refractivity contribution is 9.10. The summed E-state index contributed by atoms with van der Waals surface area (Å²) in [6, 6.07) is 7.45. The first-order chi connectivity index (χ1) is 9.10. The fourth-order valence-corrected chi connectivity index (χ4v) is 2.88. The van der Waals surface area contributed by atoms with Crippen LogP contribution >= 0.6 is 27.3 Å². The number of rotatable bonds is 5. The molecule has 1 heterocycles. The Morgan fingerprint density at radius 1 is 1.47 bits per heavy atom. The zero-order chi connectivity index (χ0) is 13.8. The Morgan fingerprint density at radius 3 is 2.95 bits per heavy atom. The van der Waals surface area contributed by atoms with Crippen molar-refractivity contribution in [2.24, 2.45) is 0 Å². The Balaban J connectivity index is 2.12. The van der Waals surface area contributed by atoms with Crippen molar-refractivity contribution in [3.05, 3.63) is 44.6 Å². The molecule has 0 unspecified atom stereocenters. The van der Waals surface area contributed by atoms with E-state index in [0.717, 1.165) is 21.5 Å². The van der Waals surface area contributed by atoms with Crippen LogP contribution in [0.2, 0.25) is 0 Å². The largest absolute Gasteiger partial charge is 0.497 e. The van der Waals surface area contributed by atoms with Crippen LogP contribution in [-0.4, -0.2) is 18.2 Å². The fourth-order valence-electron chi connectivity index (χ4n) is 1.64. The lowest BCUT2D eigenvalue weighted by Gasteiger charge is -2.09. The van der Waals surface area contributed by atoms with E-state index in [9.17, 15) is 4.79 Å². The van der Waals surface area contributed by atoms with E-state index < -0.39 is 5.97 Å². The number of nitrogens with one attached hydrogen (secondary N) is 1. The highest BCUT2D eigenvalue weighted by Gasteiger charge is 2.11. The number of hydrogen-bond acceptors (Lipinski definition) is 4. The highest BCUT2D eigenvalue weighted by atomic mass is 79.9. The van der Waals surface area contributed by atoms with Crippen LogP contribution in [0.5, 0.6) is 5.75 Å². The van der Waals surface area contributed by atoms with Gasteiger partial charge in [-0.15, -0.1) is 11.3 Å². The second-order valence-corrected chi connectivity index (χ2v) is 5.65. The van der Waals surface area contributed by atoms with Crippen molar-refractivity contribution in [3.63, 3.8) is 0 Å². The van der Waals surface area contributed by atoms with Crippen molar-refractivity contribution in [2.75, 3.05) is 12.4 Å². The third kappa shape index (κ3) is 3.48. The van der Waals surface area contributed by atoms with Gasteiger partial charge in [-0.1, -0.05) is 15.9 Å². The Hall–Kier alpha value is -1.53. The van der Waals surface area contributed by atoms with Gasteiger partial charge in [0, 0.05) is 22.8 Å². The number of ether oxygens (including phenoxy) is 1. The molecule has 4 nitrogen and oxygen atoms in total. The molecule has 0 amide bonds. The first-order valence-electron chi connectivity index (χ1n) is 5.48. The summed E-state index contributed by atoms with van der Waals surface area (Å²) >= 11 is 4.63. The molecule has 2 rings (SSSR count). The zero-order valence-electron chi connectivity index (χ0n) is 10.1. The minimum atomic E-state index is -0.890. The summed E-state index contributed by atoms with van der Waals surface area (Å²) in [6.45, 7) is 0.463. The smallest absolute Gasteiger partial charge is 0.346 e. The number of carbonyl (C=O) groups is 1. The van der Waals surface area contributed by atoms with E-state index in [2.05, 4.69) is 21.2 Å². The Morgan fingerprint density at radius 2 is 2.26 bits per heavy atom. The molecule has 0 aliphatic heterocycles. The molecule has 2 aromatic rings. The zero-order valence-corrected chi connectivity index (χ0v) is 12.5. The van der Waals surface area contributed by atoms with Crippen LogP contribution in [0.15, 0.2) is 34.1 Å². The second kappa shape index (κ2) is 6.08. The molecule has 0 saturated carbocycles. The third-order valence-corrected chi connectivity index (χ3v) is 3.93. The topological polar surface area (TPSA) is 58.6 Å². The van der Waals surface area contributed by atoms with Crippen molar-refractivity contribution in [3.8, 4) is 5.75 Å². The van der Waals surface area contributed by atoms with E-state index >= 15 is 0 Å². The molecular formula is C13H12BrNO3S. The number of methoxy groups -OCH3 is 1. The van der Waals surface area contributed by atoms with Crippen molar-refractivity contribution >= 4 is 38.9 Å². The molecule has 0 saturated heterocycles. The number of thiophene rings is 1. The maximum Gasteiger partial charge on any atom is 0.346 e. The summed E-state index contributed by atoms with van der Waals surface area (Å²) in [5.41, 5.74) is 1.64. The van der Waals surface area contributed by atoms with Gasteiger partial charge in [0.15, 0.2) is 0 Å². The monoisotopic (exact) mass is 341 g/mol. The lowest BCUT2D eigenvalue weighted by molar-refractivity contribution is 0.0701. The lowest BCUT2D eigenvalue weighted by atomic mass is 10.2. The first-order valence-corrected chi connectivity index (χ1v) is 7.15. The molecule has 0 spiro atoms. The summed E-state index contributed by atoms with van der Waals surface area (Å²) in [4.78, 5) is 11.4. The molecule has 0 aliphatic carbocycles. The number of carboxylic acids is 1. The van der Waals surface area contributed by atoms with Crippen molar-refractivity contribution < 1.29 is 14.6 Å². The first kappa shape index (κ1) is 13.9. The molecule has 1 aromatic heterocycles. The van der Waals surface area contributed by atoms with Crippen molar-refractivity contribution in [2.45, 2.75) is 6.54 Å². The summed E-state index contributed by atoms with van der Waals surface area (Å²) < 4.78 is 6.07.